The zero-order chi connectivity index (χ0) is 14.9. The third-order valence-corrected chi connectivity index (χ3v) is 3.69. The first kappa shape index (κ1) is 14.7. The molecule has 1 aromatic rings. The van der Waals surface area contributed by atoms with Gasteiger partial charge in [-0.25, -0.2) is 0 Å². The highest BCUT2D eigenvalue weighted by atomic mass is 19.4. The van der Waals surface area contributed by atoms with Gasteiger partial charge < -0.3 is 10.2 Å². The molecule has 1 fully saturated rings. The van der Waals surface area contributed by atoms with E-state index in [2.05, 4.69) is 0 Å². The molecule has 1 saturated carbocycles. The van der Waals surface area contributed by atoms with Gasteiger partial charge in [-0.1, -0.05) is 19.3 Å². The summed E-state index contributed by atoms with van der Waals surface area (Å²) in [4.78, 5) is 11.3. The van der Waals surface area contributed by atoms with Crippen LogP contribution in [0.1, 0.15) is 53.9 Å². The molecule has 0 unspecified atom stereocenters. The largest absolute Gasteiger partial charge is 0.508 e. The van der Waals surface area contributed by atoms with E-state index in [0.29, 0.717) is 5.56 Å². The number of carbonyl (C=O) groups is 1. The monoisotopic (exact) mass is 288 g/mol. The second-order valence-corrected chi connectivity index (χ2v) is 5.09. The van der Waals surface area contributed by atoms with Gasteiger partial charge in [0.1, 0.15) is 11.5 Å². The van der Waals surface area contributed by atoms with Crippen molar-refractivity contribution in [1.29, 1.82) is 0 Å². The van der Waals surface area contributed by atoms with Crippen molar-refractivity contribution in [2.75, 3.05) is 0 Å². The summed E-state index contributed by atoms with van der Waals surface area (Å²) >= 11 is 0. The number of carbonyl (C=O) groups excluding carboxylic acids is 1. The fourth-order valence-electron chi connectivity index (χ4n) is 2.67. The Balaban J connectivity index is 2.41. The van der Waals surface area contributed by atoms with Gasteiger partial charge in [0.2, 0.25) is 0 Å². The summed E-state index contributed by atoms with van der Waals surface area (Å²) < 4.78 is 37.4. The molecule has 1 aromatic carbocycles. The fraction of sp³-hybridized carbons (Fsp3) is 0.500. The summed E-state index contributed by atoms with van der Waals surface area (Å²) in [7, 11) is 0. The van der Waals surface area contributed by atoms with Gasteiger partial charge in [0, 0.05) is 6.07 Å². The van der Waals surface area contributed by atoms with Crippen LogP contribution in [-0.2, 0) is 0 Å². The van der Waals surface area contributed by atoms with Crippen LogP contribution in [-0.4, -0.2) is 22.2 Å². The van der Waals surface area contributed by atoms with Crippen molar-refractivity contribution in [2.24, 2.45) is 0 Å². The minimum atomic E-state index is -5.04. The second kappa shape index (κ2) is 5.34. The Labute approximate surface area is 114 Å². The second-order valence-electron chi connectivity index (χ2n) is 5.09. The topological polar surface area (TPSA) is 57.5 Å². The first-order valence-electron chi connectivity index (χ1n) is 6.48. The van der Waals surface area contributed by atoms with Crippen LogP contribution in [0.2, 0.25) is 0 Å². The van der Waals surface area contributed by atoms with Crippen LogP contribution in [0.25, 0.3) is 0 Å². The van der Waals surface area contributed by atoms with E-state index in [1.54, 1.807) is 0 Å². The number of benzene rings is 1. The van der Waals surface area contributed by atoms with Gasteiger partial charge in [0.25, 0.3) is 5.78 Å². The van der Waals surface area contributed by atoms with E-state index < -0.39 is 23.3 Å². The zero-order valence-electron chi connectivity index (χ0n) is 10.7. The molecule has 0 aromatic heterocycles. The summed E-state index contributed by atoms with van der Waals surface area (Å²) in [5.74, 6) is -3.26. The number of hydrogen-bond acceptors (Lipinski definition) is 3. The molecule has 2 N–H and O–H groups in total. The van der Waals surface area contributed by atoms with Gasteiger partial charge in [-0.15, -0.1) is 0 Å². The standard InChI is InChI=1S/C14H15F3O3/c15-14(16,17)13(20)10-6-9(11(18)7-12(10)19)8-4-2-1-3-5-8/h6-8,18-19H,1-5H2. The number of phenolic OH excluding ortho intramolecular Hbond substituents is 2. The Hall–Kier alpha value is -1.72. The van der Waals surface area contributed by atoms with E-state index in [1.807, 2.05) is 0 Å². The quantitative estimate of drug-likeness (QED) is 0.812. The first-order chi connectivity index (χ1) is 9.30. The van der Waals surface area contributed by atoms with Crippen molar-refractivity contribution >= 4 is 5.78 Å². The summed E-state index contributed by atoms with van der Waals surface area (Å²) in [5, 5.41) is 19.3. The van der Waals surface area contributed by atoms with E-state index in [0.717, 1.165) is 44.2 Å². The summed E-state index contributed by atoms with van der Waals surface area (Å²) in [5.41, 5.74) is -0.481. The normalized spacial score (nSPS) is 17.1. The molecule has 0 saturated heterocycles. The minimum Gasteiger partial charge on any atom is -0.508 e. The maximum Gasteiger partial charge on any atom is 0.455 e. The molecule has 0 aliphatic heterocycles. The predicted molar refractivity (Wildman–Crippen MR) is 66.0 cm³/mol. The number of halogens is 3. The molecular formula is C14H15F3O3. The predicted octanol–water partition coefficient (Wildman–Crippen LogP) is 3.89. The van der Waals surface area contributed by atoms with Crippen molar-refractivity contribution in [3.8, 4) is 11.5 Å². The molecule has 20 heavy (non-hydrogen) atoms. The van der Waals surface area contributed by atoms with Gasteiger partial charge in [0.05, 0.1) is 5.56 Å². The first-order valence-corrected chi connectivity index (χ1v) is 6.48. The SMILES string of the molecule is O=C(c1cc(C2CCCCC2)c(O)cc1O)C(F)(F)F. The van der Waals surface area contributed by atoms with Crippen LogP contribution >= 0.6 is 0 Å². The summed E-state index contributed by atoms with van der Waals surface area (Å²) in [6.45, 7) is 0. The van der Waals surface area contributed by atoms with Crippen LogP contribution in [0.3, 0.4) is 0 Å². The minimum absolute atomic E-state index is 0.0656. The van der Waals surface area contributed by atoms with Crippen molar-refractivity contribution in [1.82, 2.24) is 0 Å². The number of alkyl halides is 3. The molecule has 0 amide bonds. The van der Waals surface area contributed by atoms with Gasteiger partial charge >= 0.3 is 6.18 Å². The van der Waals surface area contributed by atoms with Crippen LogP contribution < -0.4 is 0 Å². The Kier molecular flexibility index (Phi) is 3.92. The van der Waals surface area contributed by atoms with E-state index in [-0.39, 0.29) is 11.7 Å². The zero-order valence-corrected chi connectivity index (χ0v) is 10.7. The lowest BCUT2D eigenvalue weighted by atomic mass is 9.83. The van der Waals surface area contributed by atoms with Crippen molar-refractivity contribution in [3.05, 3.63) is 23.3 Å². The lowest BCUT2D eigenvalue weighted by molar-refractivity contribution is -0.0886. The summed E-state index contributed by atoms with van der Waals surface area (Å²) in [6, 6.07) is 1.80. The highest BCUT2D eigenvalue weighted by Crippen LogP contribution is 2.40. The number of aromatic hydroxyl groups is 2. The average molecular weight is 288 g/mol. The maximum absolute atomic E-state index is 12.5. The number of Topliss-reactive ketones (excluding diaryl/α,β-unsaturated/α-hetero) is 1. The number of hydrogen-bond donors (Lipinski definition) is 2. The Bertz CT molecular complexity index is 517. The average Bonchev–Trinajstić information content (AvgIpc) is 2.38. The maximum atomic E-state index is 12.5. The van der Waals surface area contributed by atoms with Gasteiger partial charge in [-0.05, 0) is 30.4 Å². The molecule has 1 aliphatic rings. The highest BCUT2D eigenvalue weighted by molar-refractivity contribution is 6.02. The van der Waals surface area contributed by atoms with Crippen LogP contribution in [0.15, 0.2) is 12.1 Å². The molecular weight excluding hydrogens is 273 g/mol. The Morgan fingerprint density at radius 3 is 2.20 bits per heavy atom. The smallest absolute Gasteiger partial charge is 0.455 e. The fourth-order valence-corrected chi connectivity index (χ4v) is 2.67. The molecule has 110 valence electrons. The van der Waals surface area contributed by atoms with E-state index >= 15 is 0 Å². The summed E-state index contributed by atoms with van der Waals surface area (Å²) in [6.07, 6.45) is -0.584. The van der Waals surface area contributed by atoms with Gasteiger partial charge in [-0.3, -0.25) is 4.79 Å². The van der Waals surface area contributed by atoms with Crippen LogP contribution in [0.5, 0.6) is 11.5 Å². The molecule has 2 rings (SSSR count). The molecule has 1 aliphatic carbocycles. The number of rotatable bonds is 2. The Morgan fingerprint density at radius 2 is 1.65 bits per heavy atom. The van der Waals surface area contributed by atoms with Crippen molar-refractivity contribution in [3.63, 3.8) is 0 Å². The number of phenols is 2. The third kappa shape index (κ3) is 2.89. The third-order valence-electron chi connectivity index (χ3n) is 3.69. The van der Waals surface area contributed by atoms with Crippen LogP contribution in [0.4, 0.5) is 13.2 Å². The lowest BCUT2D eigenvalue weighted by Gasteiger charge is -2.23. The molecule has 0 bridgehead atoms. The van der Waals surface area contributed by atoms with Crippen LogP contribution in [0, 0.1) is 0 Å². The highest BCUT2D eigenvalue weighted by Gasteiger charge is 2.41. The van der Waals surface area contributed by atoms with Gasteiger partial charge in [0.15, 0.2) is 0 Å². The van der Waals surface area contributed by atoms with Crippen molar-refractivity contribution < 1.29 is 28.2 Å². The Morgan fingerprint density at radius 1 is 1.05 bits per heavy atom. The van der Waals surface area contributed by atoms with E-state index in [1.165, 1.54) is 0 Å². The van der Waals surface area contributed by atoms with E-state index in [9.17, 15) is 28.2 Å². The molecule has 0 spiro atoms. The van der Waals surface area contributed by atoms with Crippen molar-refractivity contribution in [2.45, 2.75) is 44.2 Å². The molecule has 0 heterocycles. The van der Waals surface area contributed by atoms with Gasteiger partial charge in [-0.2, -0.15) is 13.2 Å². The molecule has 3 nitrogen and oxygen atoms in total. The molecule has 6 heteroatoms. The molecule has 0 radical (unpaired) electrons. The lowest BCUT2D eigenvalue weighted by Crippen LogP contribution is -2.23. The number of ketones is 1. The molecule has 0 atom stereocenters. The van der Waals surface area contributed by atoms with E-state index in [4.69, 9.17) is 0 Å².